The molecule has 1 amide bonds. The predicted octanol–water partition coefficient (Wildman–Crippen LogP) is 0.130. The molecule has 0 radical (unpaired) electrons. The molecular formula is C8H14N4O. The van der Waals surface area contributed by atoms with Crippen LogP contribution in [0.15, 0.2) is 0 Å². The van der Waals surface area contributed by atoms with Gasteiger partial charge in [0.05, 0.1) is 0 Å². The predicted molar refractivity (Wildman–Crippen MR) is 50.9 cm³/mol. The molecule has 2 N–H and O–H groups in total. The molecule has 0 saturated carbocycles. The second-order valence-electron chi connectivity index (χ2n) is 2.74. The smallest absolute Gasteiger partial charge is 0.271 e. The van der Waals surface area contributed by atoms with E-state index in [1.807, 2.05) is 14.0 Å². The maximum absolute atomic E-state index is 11.4. The van der Waals surface area contributed by atoms with Gasteiger partial charge in [-0.25, -0.2) is 4.98 Å². The van der Waals surface area contributed by atoms with Gasteiger partial charge in [0.1, 0.15) is 5.82 Å². The zero-order valence-electron chi connectivity index (χ0n) is 8.30. The standard InChI is InChI=1S/C8H14N4O/c1-5-11-7(9-2)6(12(5)4)8(13)10-3/h9H,1-4H3,(H,10,13). The highest BCUT2D eigenvalue weighted by Crippen LogP contribution is 2.14. The Morgan fingerprint density at radius 3 is 2.54 bits per heavy atom. The monoisotopic (exact) mass is 182 g/mol. The first-order valence-electron chi connectivity index (χ1n) is 4.05. The summed E-state index contributed by atoms with van der Waals surface area (Å²) >= 11 is 0. The van der Waals surface area contributed by atoms with E-state index >= 15 is 0 Å². The summed E-state index contributed by atoms with van der Waals surface area (Å²) in [5.74, 6) is 1.29. The summed E-state index contributed by atoms with van der Waals surface area (Å²) in [5, 5.41) is 5.45. The Labute approximate surface area is 77.2 Å². The molecule has 0 unspecified atom stereocenters. The SMILES string of the molecule is CNC(=O)c1c(NC)nc(C)n1C. The first kappa shape index (κ1) is 9.57. The van der Waals surface area contributed by atoms with Crippen molar-refractivity contribution < 1.29 is 4.79 Å². The van der Waals surface area contributed by atoms with Crippen LogP contribution in [0.2, 0.25) is 0 Å². The lowest BCUT2D eigenvalue weighted by atomic mass is 10.4. The van der Waals surface area contributed by atoms with Crippen LogP contribution in [0.3, 0.4) is 0 Å². The fourth-order valence-corrected chi connectivity index (χ4v) is 1.16. The summed E-state index contributed by atoms with van der Waals surface area (Å²) in [6, 6.07) is 0. The average Bonchev–Trinajstić information content (AvgIpc) is 2.42. The van der Waals surface area contributed by atoms with Gasteiger partial charge in [0.25, 0.3) is 5.91 Å². The highest BCUT2D eigenvalue weighted by molar-refractivity contribution is 5.97. The van der Waals surface area contributed by atoms with Crippen LogP contribution in [0.4, 0.5) is 5.82 Å². The topological polar surface area (TPSA) is 59.0 Å². The van der Waals surface area contributed by atoms with Crippen molar-refractivity contribution >= 4 is 11.7 Å². The molecule has 0 saturated heterocycles. The van der Waals surface area contributed by atoms with Crippen LogP contribution in [0.25, 0.3) is 0 Å². The second-order valence-corrected chi connectivity index (χ2v) is 2.74. The molecule has 0 bridgehead atoms. The Kier molecular flexibility index (Phi) is 2.55. The van der Waals surface area contributed by atoms with Gasteiger partial charge in [-0.3, -0.25) is 4.79 Å². The number of rotatable bonds is 2. The summed E-state index contributed by atoms with van der Waals surface area (Å²) in [4.78, 5) is 15.6. The number of hydrogen-bond donors (Lipinski definition) is 2. The van der Waals surface area contributed by atoms with Gasteiger partial charge in [0.15, 0.2) is 11.5 Å². The third-order valence-corrected chi connectivity index (χ3v) is 2.00. The molecule has 0 aliphatic heterocycles. The lowest BCUT2D eigenvalue weighted by Crippen LogP contribution is -2.22. The van der Waals surface area contributed by atoms with E-state index in [9.17, 15) is 4.79 Å². The van der Waals surface area contributed by atoms with Crippen molar-refractivity contribution in [3.63, 3.8) is 0 Å². The van der Waals surface area contributed by atoms with E-state index in [-0.39, 0.29) is 5.91 Å². The molecule has 5 heteroatoms. The van der Waals surface area contributed by atoms with Crippen LogP contribution < -0.4 is 10.6 Å². The second kappa shape index (κ2) is 3.47. The number of aromatic nitrogens is 2. The molecule has 0 atom stereocenters. The first-order chi connectivity index (χ1) is 6.11. The van der Waals surface area contributed by atoms with Crippen molar-refractivity contribution in [2.75, 3.05) is 19.4 Å². The minimum absolute atomic E-state index is 0.132. The van der Waals surface area contributed by atoms with Gasteiger partial charge in [0.2, 0.25) is 0 Å². The lowest BCUT2D eigenvalue weighted by Gasteiger charge is -2.03. The number of nitrogens with one attached hydrogen (secondary N) is 2. The van der Waals surface area contributed by atoms with E-state index in [2.05, 4.69) is 15.6 Å². The van der Waals surface area contributed by atoms with Crippen molar-refractivity contribution in [2.45, 2.75) is 6.92 Å². The Morgan fingerprint density at radius 1 is 1.46 bits per heavy atom. The molecule has 1 heterocycles. The molecule has 5 nitrogen and oxygen atoms in total. The van der Waals surface area contributed by atoms with Gasteiger partial charge < -0.3 is 15.2 Å². The highest BCUT2D eigenvalue weighted by atomic mass is 16.1. The number of aryl methyl sites for hydroxylation is 1. The molecule has 0 aromatic carbocycles. The van der Waals surface area contributed by atoms with Gasteiger partial charge in [-0.1, -0.05) is 0 Å². The van der Waals surface area contributed by atoms with E-state index in [0.29, 0.717) is 11.5 Å². The number of carbonyl (C=O) groups excluding carboxylic acids is 1. The van der Waals surface area contributed by atoms with Crippen LogP contribution in [0.1, 0.15) is 16.3 Å². The zero-order chi connectivity index (χ0) is 10.0. The zero-order valence-corrected chi connectivity index (χ0v) is 8.30. The van der Waals surface area contributed by atoms with Crippen molar-refractivity contribution in [2.24, 2.45) is 7.05 Å². The van der Waals surface area contributed by atoms with Crippen LogP contribution in [-0.4, -0.2) is 29.6 Å². The molecule has 0 aliphatic carbocycles. The molecule has 0 aliphatic rings. The first-order valence-corrected chi connectivity index (χ1v) is 4.05. The van der Waals surface area contributed by atoms with Crippen LogP contribution in [0, 0.1) is 6.92 Å². The van der Waals surface area contributed by atoms with Crippen LogP contribution in [0.5, 0.6) is 0 Å². The van der Waals surface area contributed by atoms with Crippen LogP contribution >= 0.6 is 0 Å². The third-order valence-electron chi connectivity index (χ3n) is 2.00. The van der Waals surface area contributed by atoms with Gasteiger partial charge in [0, 0.05) is 21.1 Å². The van der Waals surface area contributed by atoms with E-state index in [4.69, 9.17) is 0 Å². The maximum atomic E-state index is 11.4. The Bertz CT molecular complexity index is 329. The molecule has 13 heavy (non-hydrogen) atoms. The van der Waals surface area contributed by atoms with Gasteiger partial charge in [-0.15, -0.1) is 0 Å². The number of hydrogen-bond acceptors (Lipinski definition) is 3. The van der Waals surface area contributed by atoms with E-state index < -0.39 is 0 Å². The molecule has 0 spiro atoms. The average molecular weight is 182 g/mol. The number of amides is 1. The summed E-state index contributed by atoms with van der Waals surface area (Å²) < 4.78 is 1.75. The number of anilines is 1. The van der Waals surface area contributed by atoms with Gasteiger partial charge >= 0.3 is 0 Å². The molecule has 1 aromatic heterocycles. The summed E-state index contributed by atoms with van der Waals surface area (Å²) in [6.07, 6.45) is 0. The fraction of sp³-hybridized carbons (Fsp3) is 0.500. The van der Waals surface area contributed by atoms with Crippen molar-refractivity contribution in [3.8, 4) is 0 Å². The largest absolute Gasteiger partial charge is 0.371 e. The quantitative estimate of drug-likeness (QED) is 0.683. The Balaban J connectivity index is 3.23. The third kappa shape index (κ3) is 1.49. The van der Waals surface area contributed by atoms with Gasteiger partial charge in [-0.2, -0.15) is 0 Å². The normalized spacial score (nSPS) is 9.85. The van der Waals surface area contributed by atoms with Crippen molar-refractivity contribution in [1.29, 1.82) is 0 Å². The Morgan fingerprint density at radius 2 is 2.08 bits per heavy atom. The Hall–Kier alpha value is -1.52. The number of imidazole rings is 1. The van der Waals surface area contributed by atoms with Crippen molar-refractivity contribution in [1.82, 2.24) is 14.9 Å². The summed E-state index contributed by atoms with van der Waals surface area (Å²) in [5.41, 5.74) is 0.558. The van der Waals surface area contributed by atoms with E-state index in [1.165, 1.54) is 0 Å². The molecule has 0 fully saturated rings. The number of nitrogens with zero attached hydrogens (tertiary/aromatic N) is 2. The maximum Gasteiger partial charge on any atom is 0.271 e. The van der Waals surface area contributed by atoms with Gasteiger partial charge in [-0.05, 0) is 6.92 Å². The summed E-state index contributed by atoms with van der Waals surface area (Å²) in [6.45, 7) is 1.85. The number of carbonyl (C=O) groups is 1. The highest BCUT2D eigenvalue weighted by Gasteiger charge is 2.16. The molecular weight excluding hydrogens is 168 g/mol. The van der Waals surface area contributed by atoms with Crippen LogP contribution in [-0.2, 0) is 7.05 Å². The van der Waals surface area contributed by atoms with E-state index in [0.717, 1.165) is 5.82 Å². The summed E-state index contributed by atoms with van der Waals surface area (Å²) in [7, 11) is 5.16. The van der Waals surface area contributed by atoms with E-state index in [1.54, 1.807) is 18.7 Å². The fourth-order valence-electron chi connectivity index (χ4n) is 1.16. The minimum Gasteiger partial charge on any atom is -0.371 e. The molecule has 1 rings (SSSR count). The molecule has 1 aromatic rings. The molecule has 72 valence electrons. The van der Waals surface area contributed by atoms with Crippen molar-refractivity contribution in [3.05, 3.63) is 11.5 Å². The minimum atomic E-state index is -0.132. The lowest BCUT2D eigenvalue weighted by molar-refractivity contribution is 0.0955.